The minimum Gasteiger partial charge on any atom is -0.258 e. The van der Waals surface area contributed by atoms with Crippen molar-refractivity contribution in [2.75, 3.05) is 0 Å². The molecule has 0 fully saturated rings. The fraction of sp³-hybridized carbons (Fsp3) is 0. The first kappa shape index (κ1) is 9.62. The van der Waals surface area contributed by atoms with E-state index in [9.17, 15) is 0 Å². The maximum Gasteiger partial charge on any atom is 0.176 e. The third-order valence-corrected chi connectivity index (χ3v) is 3.41. The fourth-order valence-corrected chi connectivity index (χ4v) is 2.52. The van der Waals surface area contributed by atoms with Crippen molar-refractivity contribution in [2.24, 2.45) is 0 Å². The molecule has 0 atom stereocenters. The Balaban J connectivity index is 2.35. The first-order valence-electron chi connectivity index (χ1n) is 4.74. The van der Waals surface area contributed by atoms with Crippen LogP contribution in [0.1, 0.15) is 0 Å². The van der Waals surface area contributed by atoms with Crippen LogP contribution < -0.4 is 0 Å². The number of nitrogens with one attached hydrogen (secondary N) is 1. The number of hydrogen-bond acceptors (Lipinski definition) is 4. The van der Waals surface area contributed by atoms with Crippen LogP contribution in [0.25, 0.3) is 21.5 Å². The maximum absolute atomic E-state index is 5.03. The van der Waals surface area contributed by atoms with Crippen molar-refractivity contribution in [3.05, 3.63) is 40.5 Å². The Labute approximate surface area is 101 Å². The summed E-state index contributed by atoms with van der Waals surface area (Å²) in [7, 11) is 0. The minimum absolute atomic E-state index is 0.671. The summed E-state index contributed by atoms with van der Waals surface area (Å²) in [5.74, 6) is 0. The predicted octanol–water partition coefficient (Wildman–Crippen LogP) is 3.42. The number of rotatable bonds is 1. The second-order valence-corrected chi connectivity index (χ2v) is 4.96. The van der Waals surface area contributed by atoms with Gasteiger partial charge in [-0.15, -0.1) is 0 Å². The van der Waals surface area contributed by atoms with Crippen LogP contribution in [0.3, 0.4) is 0 Å². The van der Waals surface area contributed by atoms with Gasteiger partial charge < -0.3 is 0 Å². The molecule has 0 unspecified atom stereocenters. The van der Waals surface area contributed by atoms with E-state index in [2.05, 4.69) is 21.2 Å². The highest BCUT2D eigenvalue weighted by Gasteiger charge is 2.07. The van der Waals surface area contributed by atoms with E-state index in [4.69, 9.17) is 12.2 Å². The van der Waals surface area contributed by atoms with Crippen LogP contribution >= 0.6 is 23.6 Å². The standard InChI is InChI=1S/C11H7N3S2/c15-11-14-13-10(16-11)9-8-4-2-1-3-7(8)5-6-12-9/h1-6H,(H,14,15). The lowest BCUT2D eigenvalue weighted by atomic mass is 10.1. The molecule has 0 bridgehead atoms. The van der Waals surface area contributed by atoms with Crippen LogP contribution in [0.4, 0.5) is 0 Å². The molecule has 2 aromatic heterocycles. The van der Waals surface area contributed by atoms with Gasteiger partial charge in [-0.25, -0.2) is 0 Å². The molecular weight excluding hydrogens is 238 g/mol. The van der Waals surface area contributed by atoms with Crippen molar-refractivity contribution < 1.29 is 0 Å². The SMILES string of the molecule is S=c1[nH]nc(-c2nccc3ccccc23)s1. The molecule has 0 aliphatic carbocycles. The summed E-state index contributed by atoms with van der Waals surface area (Å²) in [5.41, 5.74) is 0.885. The zero-order valence-electron chi connectivity index (χ0n) is 8.18. The van der Waals surface area contributed by atoms with Gasteiger partial charge in [0.05, 0.1) is 0 Å². The number of benzene rings is 1. The highest BCUT2D eigenvalue weighted by molar-refractivity contribution is 7.73. The van der Waals surface area contributed by atoms with Gasteiger partial charge in [-0.3, -0.25) is 10.1 Å². The number of aromatic nitrogens is 3. The molecule has 3 rings (SSSR count). The number of nitrogens with zero attached hydrogens (tertiary/aromatic N) is 2. The smallest absolute Gasteiger partial charge is 0.176 e. The van der Waals surface area contributed by atoms with Crippen molar-refractivity contribution in [3.63, 3.8) is 0 Å². The summed E-state index contributed by atoms with van der Waals surface area (Å²) >= 11 is 6.47. The van der Waals surface area contributed by atoms with Crippen LogP contribution in [0, 0.1) is 3.95 Å². The fourth-order valence-electron chi connectivity index (χ4n) is 1.62. The molecule has 2 heterocycles. The molecule has 16 heavy (non-hydrogen) atoms. The van der Waals surface area contributed by atoms with Gasteiger partial charge in [0, 0.05) is 11.6 Å². The average molecular weight is 245 g/mol. The highest BCUT2D eigenvalue weighted by atomic mass is 32.1. The number of fused-ring (bicyclic) bond motifs is 1. The molecule has 0 saturated heterocycles. The van der Waals surface area contributed by atoms with Crippen LogP contribution in [0.15, 0.2) is 36.5 Å². The van der Waals surface area contributed by atoms with E-state index < -0.39 is 0 Å². The lowest BCUT2D eigenvalue weighted by Crippen LogP contribution is -1.84. The minimum atomic E-state index is 0.671. The van der Waals surface area contributed by atoms with Crippen molar-refractivity contribution in [3.8, 4) is 10.7 Å². The molecule has 0 aliphatic heterocycles. The Bertz CT molecular complexity index is 694. The molecular formula is C11H7N3S2. The third kappa shape index (κ3) is 1.54. The summed E-state index contributed by atoms with van der Waals surface area (Å²) in [6, 6.07) is 10.1. The molecule has 1 aromatic carbocycles. The summed E-state index contributed by atoms with van der Waals surface area (Å²) in [4.78, 5) is 4.37. The average Bonchev–Trinajstić information content (AvgIpc) is 2.75. The number of pyridine rings is 1. The molecule has 3 nitrogen and oxygen atoms in total. The molecule has 3 aromatic rings. The van der Waals surface area contributed by atoms with Gasteiger partial charge in [-0.2, -0.15) is 5.10 Å². The van der Waals surface area contributed by atoms with Crippen molar-refractivity contribution in [1.29, 1.82) is 0 Å². The quantitative estimate of drug-likeness (QED) is 0.668. The second kappa shape index (κ2) is 3.77. The van der Waals surface area contributed by atoms with Gasteiger partial charge in [0.15, 0.2) is 8.96 Å². The topological polar surface area (TPSA) is 41.6 Å². The van der Waals surface area contributed by atoms with Crippen LogP contribution in [0.2, 0.25) is 0 Å². The molecule has 5 heteroatoms. The van der Waals surface area contributed by atoms with Gasteiger partial charge in [-0.05, 0) is 23.7 Å². The number of hydrogen-bond donors (Lipinski definition) is 1. The lowest BCUT2D eigenvalue weighted by molar-refractivity contribution is 1.08. The van der Waals surface area contributed by atoms with Crippen LogP contribution in [-0.2, 0) is 0 Å². The molecule has 0 aliphatic rings. The van der Waals surface area contributed by atoms with E-state index in [1.807, 2.05) is 24.3 Å². The number of H-pyrrole nitrogens is 1. The zero-order chi connectivity index (χ0) is 11.0. The molecule has 0 saturated carbocycles. The van der Waals surface area contributed by atoms with Crippen LogP contribution in [-0.4, -0.2) is 15.2 Å². The van der Waals surface area contributed by atoms with E-state index in [0.29, 0.717) is 3.95 Å². The Kier molecular flexibility index (Phi) is 2.27. The van der Waals surface area contributed by atoms with E-state index in [1.54, 1.807) is 6.20 Å². The second-order valence-electron chi connectivity index (χ2n) is 3.30. The molecule has 0 amide bonds. The van der Waals surface area contributed by atoms with E-state index in [0.717, 1.165) is 21.5 Å². The molecule has 0 spiro atoms. The van der Waals surface area contributed by atoms with Gasteiger partial charge in [0.1, 0.15) is 5.69 Å². The van der Waals surface area contributed by atoms with Crippen molar-refractivity contribution in [1.82, 2.24) is 15.2 Å². The Morgan fingerprint density at radius 3 is 2.88 bits per heavy atom. The van der Waals surface area contributed by atoms with Gasteiger partial charge in [0.25, 0.3) is 0 Å². The Morgan fingerprint density at radius 2 is 2.06 bits per heavy atom. The molecule has 1 N–H and O–H groups in total. The summed E-state index contributed by atoms with van der Waals surface area (Å²) in [6.45, 7) is 0. The van der Waals surface area contributed by atoms with Crippen LogP contribution in [0.5, 0.6) is 0 Å². The monoisotopic (exact) mass is 245 g/mol. The van der Waals surface area contributed by atoms with Crippen molar-refractivity contribution >= 4 is 34.3 Å². The van der Waals surface area contributed by atoms with Crippen molar-refractivity contribution in [2.45, 2.75) is 0 Å². The van der Waals surface area contributed by atoms with Gasteiger partial charge >= 0.3 is 0 Å². The van der Waals surface area contributed by atoms with E-state index in [1.165, 1.54) is 11.3 Å². The lowest BCUT2D eigenvalue weighted by Gasteiger charge is -2.00. The largest absolute Gasteiger partial charge is 0.258 e. The maximum atomic E-state index is 5.03. The predicted molar refractivity (Wildman–Crippen MR) is 68.0 cm³/mol. The normalized spacial score (nSPS) is 10.8. The summed E-state index contributed by atoms with van der Waals surface area (Å²) in [5, 5.41) is 10.0. The zero-order valence-corrected chi connectivity index (χ0v) is 9.81. The number of aromatic amines is 1. The summed E-state index contributed by atoms with van der Waals surface area (Å²) < 4.78 is 0.671. The molecule has 0 radical (unpaired) electrons. The van der Waals surface area contributed by atoms with Gasteiger partial charge in [0.2, 0.25) is 0 Å². The van der Waals surface area contributed by atoms with E-state index >= 15 is 0 Å². The first-order chi connectivity index (χ1) is 7.84. The highest BCUT2D eigenvalue weighted by Crippen LogP contribution is 2.27. The van der Waals surface area contributed by atoms with Gasteiger partial charge in [-0.1, -0.05) is 35.6 Å². The Hall–Kier alpha value is -1.59. The first-order valence-corrected chi connectivity index (χ1v) is 5.97. The Morgan fingerprint density at radius 1 is 1.19 bits per heavy atom. The molecule has 78 valence electrons. The summed E-state index contributed by atoms with van der Waals surface area (Å²) in [6.07, 6.45) is 1.79. The third-order valence-electron chi connectivity index (χ3n) is 2.31. The van der Waals surface area contributed by atoms with E-state index in [-0.39, 0.29) is 0 Å².